The smallest absolute Gasteiger partial charge is 0.412 e. The van der Waals surface area contributed by atoms with Crippen molar-refractivity contribution >= 4 is 34.1 Å². The monoisotopic (exact) mass is 519 g/mol. The number of amides is 1. The van der Waals surface area contributed by atoms with E-state index in [1.165, 1.54) is 37.3 Å². The highest BCUT2D eigenvalue weighted by atomic mass is 32.1. The van der Waals surface area contributed by atoms with Crippen LogP contribution < -0.4 is 5.32 Å². The predicted molar refractivity (Wildman–Crippen MR) is 130 cm³/mol. The van der Waals surface area contributed by atoms with Crippen molar-refractivity contribution in [1.29, 1.82) is 0 Å². The average molecular weight is 520 g/mol. The Kier molecular flexibility index (Phi) is 8.33. The number of hydrogen-bond donors (Lipinski definition) is 2. The summed E-state index contributed by atoms with van der Waals surface area (Å²) in [5, 5.41) is 23.3. The van der Waals surface area contributed by atoms with Crippen LogP contribution in [0.4, 0.5) is 24.3 Å². The molecule has 1 aromatic heterocycles. The lowest BCUT2D eigenvalue weighted by atomic mass is 10.0. The summed E-state index contributed by atoms with van der Waals surface area (Å²) in [4.78, 5) is 37.4. The highest BCUT2D eigenvalue weighted by Gasteiger charge is 2.27. The van der Waals surface area contributed by atoms with E-state index in [4.69, 9.17) is 4.74 Å². The van der Waals surface area contributed by atoms with Gasteiger partial charge in [0.2, 0.25) is 0 Å². The zero-order valence-corrected chi connectivity index (χ0v) is 20.4. The van der Waals surface area contributed by atoms with Crippen LogP contribution >= 0.6 is 11.3 Å². The van der Waals surface area contributed by atoms with Gasteiger partial charge in [-0.3, -0.25) is 15.4 Å². The largest absolute Gasteiger partial charge is 0.478 e. The minimum absolute atomic E-state index is 0.00183. The molecule has 0 saturated carbocycles. The topological polar surface area (TPSA) is 122 Å². The lowest BCUT2D eigenvalue weighted by molar-refractivity contribution is -0.384. The van der Waals surface area contributed by atoms with E-state index in [1.54, 1.807) is 19.0 Å². The molecular weight excluding hydrogens is 496 g/mol. The molecule has 3 aromatic rings. The zero-order valence-electron chi connectivity index (χ0n) is 19.6. The number of hydrogen-bond acceptors (Lipinski definition) is 7. The second-order valence-electron chi connectivity index (χ2n) is 8.21. The number of aromatic carboxylic acids is 1. The summed E-state index contributed by atoms with van der Waals surface area (Å²) < 4.78 is 33.1. The maximum Gasteiger partial charge on any atom is 0.412 e. The Labute approximate surface area is 209 Å². The van der Waals surface area contributed by atoms with Gasteiger partial charge in [-0.15, -0.1) is 11.3 Å². The Morgan fingerprint density at radius 1 is 1.14 bits per heavy atom. The molecule has 9 nitrogen and oxygen atoms in total. The van der Waals surface area contributed by atoms with Crippen LogP contribution in [-0.4, -0.2) is 47.2 Å². The van der Waals surface area contributed by atoms with Gasteiger partial charge in [0.1, 0.15) is 22.7 Å². The first kappa shape index (κ1) is 26.7. The highest BCUT2D eigenvalue weighted by molar-refractivity contribution is 7.20. The number of nitro groups is 1. The van der Waals surface area contributed by atoms with Gasteiger partial charge < -0.3 is 14.7 Å². The van der Waals surface area contributed by atoms with E-state index in [-0.39, 0.29) is 34.8 Å². The molecule has 0 aliphatic heterocycles. The molecule has 36 heavy (non-hydrogen) atoms. The van der Waals surface area contributed by atoms with E-state index in [0.29, 0.717) is 16.0 Å². The molecule has 0 aliphatic rings. The number of thiophene rings is 1. The molecule has 12 heteroatoms. The summed E-state index contributed by atoms with van der Waals surface area (Å²) in [7, 11) is 3.49. The molecule has 1 atom stereocenters. The van der Waals surface area contributed by atoms with Gasteiger partial charge in [-0.25, -0.2) is 18.4 Å². The standard InChI is InChI=1S/C24H23F2N3O6S/c1-13(11-16-18(25)5-4-6-19(16)26)35-24(32)27-22-20(23(30)31)17(12-28(2)3)21(36-22)14-7-9-15(10-8-14)29(33)34/h4-10,13H,11-12H2,1-3H3,(H,27,32)(H,30,31). The van der Waals surface area contributed by atoms with Gasteiger partial charge in [-0.1, -0.05) is 6.07 Å². The molecule has 3 rings (SSSR count). The second kappa shape index (κ2) is 11.2. The van der Waals surface area contributed by atoms with Crippen molar-refractivity contribution < 1.29 is 33.1 Å². The first-order valence-corrected chi connectivity index (χ1v) is 11.5. The third-order valence-corrected chi connectivity index (χ3v) is 6.31. The quantitative estimate of drug-likeness (QED) is 0.281. The third-order valence-electron chi connectivity index (χ3n) is 5.11. The number of ether oxygens (including phenoxy) is 1. The van der Waals surface area contributed by atoms with Gasteiger partial charge in [-0.2, -0.15) is 0 Å². The van der Waals surface area contributed by atoms with Crippen LogP contribution in [-0.2, 0) is 17.7 Å². The van der Waals surface area contributed by atoms with E-state index >= 15 is 0 Å². The normalized spacial score (nSPS) is 11.8. The maximum absolute atomic E-state index is 13.9. The number of carboxylic acid groups (broad SMARTS) is 1. The number of rotatable bonds is 9. The molecule has 1 unspecified atom stereocenters. The van der Waals surface area contributed by atoms with Gasteiger partial charge in [0.15, 0.2) is 0 Å². The number of carbonyl (C=O) groups excluding carboxylic acids is 1. The average Bonchev–Trinajstić information content (AvgIpc) is 3.13. The first-order valence-electron chi connectivity index (χ1n) is 10.7. The maximum atomic E-state index is 13.9. The molecule has 0 fully saturated rings. The lowest BCUT2D eigenvalue weighted by Crippen LogP contribution is -2.23. The summed E-state index contributed by atoms with van der Waals surface area (Å²) in [6.45, 7) is 1.67. The highest BCUT2D eigenvalue weighted by Crippen LogP contribution is 2.41. The van der Waals surface area contributed by atoms with Crippen LogP contribution in [0.1, 0.15) is 28.4 Å². The van der Waals surface area contributed by atoms with E-state index in [9.17, 15) is 33.6 Å². The third kappa shape index (κ3) is 6.20. The minimum Gasteiger partial charge on any atom is -0.478 e. The number of non-ortho nitro benzene ring substituents is 1. The molecule has 0 saturated heterocycles. The fourth-order valence-electron chi connectivity index (χ4n) is 3.58. The molecule has 0 bridgehead atoms. The number of nitrogens with zero attached hydrogens (tertiary/aromatic N) is 2. The number of benzene rings is 2. The van der Waals surface area contributed by atoms with Crippen LogP contribution in [0.5, 0.6) is 0 Å². The summed E-state index contributed by atoms with van der Waals surface area (Å²) in [6, 6.07) is 9.04. The molecule has 1 amide bonds. The first-order chi connectivity index (χ1) is 17.0. The molecule has 0 spiro atoms. The summed E-state index contributed by atoms with van der Waals surface area (Å²) in [5.74, 6) is -2.82. The molecule has 2 aromatic carbocycles. The van der Waals surface area contributed by atoms with Gasteiger partial charge in [0.25, 0.3) is 5.69 Å². The summed E-state index contributed by atoms with van der Waals surface area (Å²) in [5.41, 5.74) is 0.448. The van der Waals surface area contributed by atoms with Gasteiger partial charge in [0.05, 0.1) is 10.5 Å². The molecule has 190 valence electrons. The molecule has 1 heterocycles. The number of nitrogens with one attached hydrogen (secondary N) is 1. The Balaban J connectivity index is 1.89. The van der Waals surface area contributed by atoms with E-state index in [2.05, 4.69) is 5.32 Å². The van der Waals surface area contributed by atoms with Crippen molar-refractivity contribution in [3.63, 3.8) is 0 Å². The van der Waals surface area contributed by atoms with Crippen molar-refractivity contribution in [2.24, 2.45) is 0 Å². The van der Waals surface area contributed by atoms with Crippen molar-refractivity contribution in [2.75, 3.05) is 19.4 Å². The van der Waals surface area contributed by atoms with Crippen molar-refractivity contribution in [3.8, 4) is 10.4 Å². The summed E-state index contributed by atoms with van der Waals surface area (Å²) >= 11 is 0.979. The fourth-order valence-corrected chi connectivity index (χ4v) is 4.77. The van der Waals surface area contributed by atoms with Crippen LogP contribution in [0.15, 0.2) is 42.5 Å². The molecule has 0 aliphatic carbocycles. The van der Waals surface area contributed by atoms with Crippen LogP contribution in [0.2, 0.25) is 0 Å². The predicted octanol–water partition coefficient (Wildman–Crippen LogP) is 5.54. The SMILES string of the molecule is CC(Cc1c(F)cccc1F)OC(=O)Nc1sc(-c2ccc([N+](=O)[O-])cc2)c(CN(C)C)c1C(=O)O. The molecule has 2 N–H and O–H groups in total. The van der Waals surface area contributed by atoms with E-state index in [0.717, 1.165) is 23.5 Å². The molecule has 0 radical (unpaired) electrons. The number of carbonyl (C=O) groups is 2. The van der Waals surface area contributed by atoms with Crippen LogP contribution in [0, 0.1) is 21.7 Å². The minimum atomic E-state index is -1.28. The van der Waals surface area contributed by atoms with Crippen LogP contribution in [0.3, 0.4) is 0 Å². The Morgan fingerprint density at radius 3 is 2.28 bits per heavy atom. The zero-order chi connectivity index (χ0) is 26.6. The van der Waals surface area contributed by atoms with Gasteiger partial charge >= 0.3 is 12.1 Å². The lowest BCUT2D eigenvalue weighted by Gasteiger charge is -2.15. The number of nitro benzene ring substituents is 1. The van der Waals surface area contributed by atoms with Crippen molar-refractivity contribution in [2.45, 2.75) is 26.0 Å². The van der Waals surface area contributed by atoms with E-state index < -0.39 is 34.7 Å². The molecular formula is C24H23F2N3O6S. The number of carboxylic acids is 1. The second-order valence-corrected chi connectivity index (χ2v) is 9.23. The summed E-state index contributed by atoms with van der Waals surface area (Å²) in [6.07, 6.45) is -2.13. The van der Waals surface area contributed by atoms with Crippen molar-refractivity contribution in [3.05, 3.63) is 80.9 Å². The van der Waals surface area contributed by atoms with Gasteiger partial charge in [0, 0.05) is 41.1 Å². The number of halogens is 2. The van der Waals surface area contributed by atoms with Gasteiger partial charge in [-0.05, 0) is 50.8 Å². The Hall–Kier alpha value is -3.90. The Morgan fingerprint density at radius 2 is 1.75 bits per heavy atom. The Bertz CT molecular complexity index is 1270. The van der Waals surface area contributed by atoms with E-state index in [1.807, 2.05) is 0 Å². The van der Waals surface area contributed by atoms with Crippen molar-refractivity contribution in [1.82, 2.24) is 4.90 Å². The number of anilines is 1. The van der Waals surface area contributed by atoms with Crippen LogP contribution in [0.25, 0.3) is 10.4 Å². The fraction of sp³-hybridized carbons (Fsp3) is 0.250.